The van der Waals surface area contributed by atoms with E-state index in [9.17, 15) is 17.6 Å². The highest BCUT2D eigenvalue weighted by Crippen LogP contribution is 2.63. The van der Waals surface area contributed by atoms with E-state index >= 15 is 0 Å². The van der Waals surface area contributed by atoms with Gasteiger partial charge in [-0.2, -0.15) is 17.6 Å². The van der Waals surface area contributed by atoms with E-state index in [1.807, 2.05) is 0 Å². The normalized spacial score (nSPS) is 29.5. The topological polar surface area (TPSA) is 0 Å². The van der Waals surface area contributed by atoms with Crippen molar-refractivity contribution in [1.29, 1.82) is 0 Å². The van der Waals surface area contributed by atoms with Gasteiger partial charge in [0.15, 0.2) is 0 Å². The van der Waals surface area contributed by atoms with Gasteiger partial charge in [0.1, 0.15) is 10.1 Å². The second-order valence-electron chi connectivity index (χ2n) is 2.35. The molecule has 0 aliphatic heterocycles. The summed E-state index contributed by atoms with van der Waals surface area (Å²) in [5.41, 5.74) is 0. The highest BCUT2D eigenvalue weighted by atomic mass is 35.5. The molecule has 0 bridgehead atoms. The third-order valence-corrected chi connectivity index (χ3v) is 3.43. The average molecular weight is 278 g/mol. The van der Waals surface area contributed by atoms with Crippen LogP contribution in [0.3, 0.4) is 0 Å². The van der Waals surface area contributed by atoms with Gasteiger partial charge >= 0.3 is 11.8 Å². The van der Waals surface area contributed by atoms with Crippen molar-refractivity contribution in [1.82, 2.24) is 0 Å². The molecule has 0 aromatic heterocycles. The van der Waals surface area contributed by atoms with E-state index in [-0.39, 0.29) is 0 Å². The number of hydrogen-bond acceptors (Lipinski definition) is 0. The molecule has 0 nitrogen and oxygen atoms in total. The Bertz CT molecular complexity index is 256. The maximum absolute atomic E-state index is 12.8. The molecule has 0 aromatic rings. The second-order valence-corrected chi connectivity index (χ2v) is 4.43. The first-order valence-electron chi connectivity index (χ1n) is 2.76. The van der Waals surface area contributed by atoms with Crippen LogP contribution >= 0.6 is 46.4 Å². The zero-order valence-corrected chi connectivity index (χ0v) is 8.55. The molecular weight excluding hydrogens is 278 g/mol. The molecule has 0 spiro atoms. The minimum Gasteiger partial charge on any atom is -0.196 e. The molecule has 1 aliphatic rings. The monoisotopic (exact) mass is 276 g/mol. The van der Waals surface area contributed by atoms with Crippen LogP contribution in [-0.2, 0) is 0 Å². The van der Waals surface area contributed by atoms with Gasteiger partial charge in [0.25, 0.3) is 4.33 Å². The zero-order valence-electron chi connectivity index (χ0n) is 5.52. The molecule has 0 saturated heterocycles. The van der Waals surface area contributed by atoms with Gasteiger partial charge in [0.05, 0.1) is 0 Å². The molecule has 0 atom stereocenters. The molecule has 8 heteroatoms. The summed E-state index contributed by atoms with van der Waals surface area (Å²) in [6, 6.07) is 0. The molecule has 0 saturated carbocycles. The van der Waals surface area contributed by atoms with Crippen LogP contribution in [0, 0.1) is 0 Å². The van der Waals surface area contributed by atoms with E-state index in [1.54, 1.807) is 0 Å². The summed E-state index contributed by atoms with van der Waals surface area (Å²) < 4.78 is 47.7. The molecule has 0 N–H and O–H groups in total. The molecule has 0 radical (unpaired) electrons. The Balaban J connectivity index is 3.39. The predicted molar refractivity (Wildman–Crippen MR) is 43.1 cm³/mol. The molecule has 0 unspecified atom stereocenters. The molecule has 1 aliphatic carbocycles. The van der Waals surface area contributed by atoms with Crippen LogP contribution in [0.4, 0.5) is 17.6 Å². The van der Waals surface area contributed by atoms with Crippen molar-refractivity contribution in [2.45, 2.75) is 16.2 Å². The summed E-state index contributed by atoms with van der Waals surface area (Å²) in [7, 11) is 0. The van der Waals surface area contributed by atoms with E-state index in [2.05, 4.69) is 0 Å². The quantitative estimate of drug-likeness (QED) is 0.461. The van der Waals surface area contributed by atoms with Gasteiger partial charge in [0, 0.05) is 0 Å². The van der Waals surface area contributed by atoms with Gasteiger partial charge in [-0.05, 0) is 0 Å². The van der Waals surface area contributed by atoms with Crippen molar-refractivity contribution in [3.8, 4) is 0 Å². The number of allylic oxidation sites excluding steroid dienone is 2. The van der Waals surface area contributed by atoms with Crippen molar-refractivity contribution >= 4 is 46.4 Å². The fourth-order valence-electron chi connectivity index (χ4n) is 0.749. The van der Waals surface area contributed by atoms with Gasteiger partial charge < -0.3 is 0 Å². The fraction of sp³-hybridized carbons (Fsp3) is 0.600. The van der Waals surface area contributed by atoms with Crippen LogP contribution in [0.1, 0.15) is 0 Å². The summed E-state index contributed by atoms with van der Waals surface area (Å²) in [5.74, 6) is -8.50. The largest absolute Gasteiger partial charge is 0.323 e. The summed E-state index contributed by atoms with van der Waals surface area (Å²) in [6.07, 6.45) is 0. The molecule has 0 aromatic carbocycles. The van der Waals surface area contributed by atoms with E-state index in [0.29, 0.717) is 0 Å². The first-order valence-corrected chi connectivity index (χ1v) is 4.27. The van der Waals surface area contributed by atoms with E-state index in [0.717, 1.165) is 0 Å². The lowest BCUT2D eigenvalue weighted by molar-refractivity contribution is -0.0511. The summed E-state index contributed by atoms with van der Waals surface area (Å²) in [5, 5.41) is -3.05. The van der Waals surface area contributed by atoms with Crippen LogP contribution in [-0.4, -0.2) is 16.2 Å². The smallest absolute Gasteiger partial charge is 0.196 e. The second kappa shape index (κ2) is 2.81. The Morgan fingerprint density at radius 3 is 1.08 bits per heavy atom. The highest BCUT2D eigenvalue weighted by Gasteiger charge is 2.76. The Labute approximate surface area is 90.4 Å². The molecule has 0 heterocycles. The van der Waals surface area contributed by atoms with Gasteiger partial charge in [-0.1, -0.05) is 46.4 Å². The zero-order chi connectivity index (χ0) is 10.7. The number of alkyl halides is 6. The van der Waals surface area contributed by atoms with Crippen molar-refractivity contribution in [3.63, 3.8) is 0 Å². The van der Waals surface area contributed by atoms with Crippen LogP contribution in [0.5, 0.6) is 0 Å². The van der Waals surface area contributed by atoms with Crippen LogP contribution in [0.2, 0.25) is 0 Å². The molecule has 76 valence electrons. The Hall–Kier alpha value is 0.620. The molecular formula is C5Cl4F4. The van der Waals surface area contributed by atoms with E-state index in [1.165, 1.54) is 0 Å². The minimum atomic E-state index is -4.25. The van der Waals surface area contributed by atoms with Gasteiger partial charge in [-0.3, -0.25) is 0 Å². The summed E-state index contributed by atoms with van der Waals surface area (Å²) >= 11 is 19.3. The maximum atomic E-state index is 12.8. The van der Waals surface area contributed by atoms with Crippen LogP contribution in [0.15, 0.2) is 10.1 Å². The number of hydrogen-bond donors (Lipinski definition) is 0. The van der Waals surface area contributed by atoms with Gasteiger partial charge in [-0.25, -0.2) is 0 Å². The highest BCUT2D eigenvalue weighted by molar-refractivity contribution is 6.54. The lowest BCUT2D eigenvalue weighted by atomic mass is 10.2. The van der Waals surface area contributed by atoms with Crippen molar-refractivity contribution in [2.24, 2.45) is 0 Å². The Morgan fingerprint density at radius 1 is 0.769 bits per heavy atom. The number of halogens is 8. The molecule has 0 amide bonds. The molecule has 1 rings (SSSR count). The van der Waals surface area contributed by atoms with Gasteiger partial charge in [-0.15, -0.1) is 0 Å². The third kappa shape index (κ3) is 1.19. The summed E-state index contributed by atoms with van der Waals surface area (Å²) in [6.45, 7) is 0. The van der Waals surface area contributed by atoms with Crippen molar-refractivity contribution < 1.29 is 17.6 Å². The maximum Gasteiger partial charge on any atom is 0.323 e. The SMILES string of the molecule is FC1(F)C(Cl)=C(Cl)C(F)(F)C1(Cl)Cl. The first kappa shape index (κ1) is 11.7. The lowest BCUT2D eigenvalue weighted by Crippen LogP contribution is -2.46. The third-order valence-electron chi connectivity index (χ3n) is 1.53. The fourth-order valence-corrected chi connectivity index (χ4v) is 1.84. The van der Waals surface area contributed by atoms with Gasteiger partial charge in [0.2, 0.25) is 0 Å². The number of rotatable bonds is 0. The van der Waals surface area contributed by atoms with E-state index in [4.69, 9.17) is 46.4 Å². The average Bonchev–Trinajstić information content (AvgIpc) is 2.05. The Kier molecular flexibility index (Phi) is 2.53. The predicted octanol–water partition coefficient (Wildman–Crippen LogP) is 4.13. The lowest BCUT2D eigenvalue weighted by Gasteiger charge is -2.27. The van der Waals surface area contributed by atoms with Crippen LogP contribution < -0.4 is 0 Å². The van der Waals surface area contributed by atoms with Crippen molar-refractivity contribution in [3.05, 3.63) is 10.1 Å². The Morgan fingerprint density at radius 2 is 1.00 bits per heavy atom. The first-order chi connectivity index (χ1) is 5.57. The van der Waals surface area contributed by atoms with E-state index < -0.39 is 26.2 Å². The molecule has 0 fully saturated rings. The standard InChI is InChI=1S/C5Cl4F4/c6-1-2(7)4(12,13)5(8,9)3(1,10)11. The molecule has 13 heavy (non-hydrogen) atoms. The van der Waals surface area contributed by atoms with Crippen molar-refractivity contribution in [2.75, 3.05) is 0 Å². The van der Waals surface area contributed by atoms with Crippen LogP contribution in [0.25, 0.3) is 0 Å². The summed E-state index contributed by atoms with van der Waals surface area (Å²) in [4.78, 5) is 0. The minimum absolute atomic E-state index is 1.52.